The summed E-state index contributed by atoms with van der Waals surface area (Å²) in [5.41, 5.74) is -5.20. The lowest BCUT2D eigenvalue weighted by molar-refractivity contribution is -0.785. The highest BCUT2D eigenvalue weighted by Crippen LogP contribution is 2.69. The molecular weight excluding hydrogens is 534 g/mol. The molecule has 40 heavy (non-hydrogen) atoms. The van der Waals surface area contributed by atoms with Gasteiger partial charge in [0.1, 0.15) is 16.7 Å². The predicted molar refractivity (Wildman–Crippen MR) is 134 cm³/mol. The van der Waals surface area contributed by atoms with Gasteiger partial charge in [0.25, 0.3) is 27.8 Å². The van der Waals surface area contributed by atoms with E-state index in [9.17, 15) is 50.6 Å². The van der Waals surface area contributed by atoms with Crippen LogP contribution in [0.3, 0.4) is 0 Å². The van der Waals surface area contributed by atoms with Gasteiger partial charge in [0.2, 0.25) is 0 Å². The van der Waals surface area contributed by atoms with E-state index < -0.39 is 64.0 Å². The molecule has 4 aliphatic carbocycles. The Bertz CT molecular complexity index is 1370. The summed E-state index contributed by atoms with van der Waals surface area (Å²) < 4.78 is 0. The van der Waals surface area contributed by atoms with Crippen molar-refractivity contribution in [3.8, 4) is 0 Å². The Morgan fingerprint density at radius 2 is 0.975 bits per heavy atom. The molecule has 0 spiro atoms. The van der Waals surface area contributed by atoms with Gasteiger partial charge in [0.15, 0.2) is 0 Å². The molecule has 0 heterocycles. The molecule has 0 saturated heterocycles. The van der Waals surface area contributed by atoms with E-state index in [1.807, 2.05) is 0 Å². The molecule has 0 radical (unpaired) electrons. The Morgan fingerprint density at radius 1 is 0.625 bits per heavy atom. The number of nitro groups is 4. The lowest BCUT2D eigenvalue weighted by Crippen LogP contribution is -2.64. The van der Waals surface area contributed by atoms with Crippen LogP contribution in [-0.2, 0) is 15.7 Å². The largest absolute Gasteiger partial charge is 0.307 e. The molecule has 4 fully saturated rings. The number of benzene rings is 2. The fourth-order valence-electron chi connectivity index (χ4n) is 7.99. The third-order valence-corrected chi connectivity index (χ3v) is 9.00. The number of rotatable bonds is 8. The van der Waals surface area contributed by atoms with Crippen LogP contribution in [0.25, 0.3) is 0 Å². The van der Waals surface area contributed by atoms with Gasteiger partial charge in [-0.25, -0.2) is 0 Å². The standard InChI is InChI=1S/C24H23N5O11/c1-13-18(25(30)31)3-16(4-19(13)26(32)33)22-7-15-8-23(10-22,12-24(9-15,11-22)40-29(38)39)17-5-20(27(34)35)14(2)21(6-17)28(36)37/h3-6,15H,7-12H2,1-2H3. The van der Waals surface area contributed by atoms with Gasteiger partial charge in [-0.3, -0.25) is 40.5 Å². The zero-order chi connectivity index (χ0) is 29.4. The summed E-state index contributed by atoms with van der Waals surface area (Å²) in [5.74, 6) is -0.255. The molecule has 2 atom stereocenters. The van der Waals surface area contributed by atoms with Crippen molar-refractivity contribution in [1.82, 2.24) is 0 Å². The summed E-state index contributed by atoms with van der Waals surface area (Å²) in [6, 6.07) is 5.01. The van der Waals surface area contributed by atoms with Crippen molar-refractivity contribution in [2.45, 2.75) is 68.8 Å². The highest BCUT2D eigenvalue weighted by molar-refractivity contribution is 5.60. The smallest absolute Gasteiger partial charge is 0.295 e. The Labute approximate surface area is 224 Å². The van der Waals surface area contributed by atoms with Crippen LogP contribution < -0.4 is 0 Å². The Kier molecular flexibility index (Phi) is 5.78. The highest BCUT2D eigenvalue weighted by Gasteiger charge is 2.66. The summed E-state index contributed by atoms with van der Waals surface area (Å²) in [4.78, 5) is 61.4. The quantitative estimate of drug-likeness (QED) is 0.308. The molecule has 4 bridgehead atoms. The first-order valence-corrected chi connectivity index (χ1v) is 12.3. The van der Waals surface area contributed by atoms with Gasteiger partial charge in [-0.05, 0) is 80.2 Å². The van der Waals surface area contributed by atoms with E-state index in [0.29, 0.717) is 12.8 Å². The van der Waals surface area contributed by atoms with Crippen LogP contribution in [0.5, 0.6) is 0 Å². The summed E-state index contributed by atoms with van der Waals surface area (Å²) in [5, 5.41) is 58.1. The Morgan fingerprint density at radius 3 is 1.27 bits per heavy atom. The molecule has 0 amide bonds. The fourth-order valence-corrected chi connectivity index (χ4v) is 7.99. The maximum Gasteiger partial charge on any atom is 0.295 e. The van der Waals surface area contributed by atoms with Gasteiger partial charge in [-0.15, -0.1) is 10.1 Å². The van der Waals surface area contributed by atoms with Gasteiger partial charge >= 0.3 is 0 Å². The third-order valence-electron chi connectivity index (χ3n) is 9.00. The normalized spacial score (nSPS) is 28.2. The second kappa shape index (κ2) is 8.62. The summed E-state index contributed by atoms with van der Waals surface area (Å²) in [7, 11) is 0. The summed E-state index contributed by atoms with van der Waals surface area (Å²) in [6.45, 7) is 2.53. The van der Waals surface area contributed by atoms with E-state index in [1.54, 1.807) is 0 Å². The van der Waals surface area contributed by atoms with E-state index in [-0.39, 0.29) is 53.9 Å². The van der Waals surface area contributed by atoms with Crippen molar-refractivity contribution in [1.29, 1.82) is 0 Å². The molecule has 4 saturated carbocycles. The SMILES string of the molecule is Cc1c([N+](=O)[O-])cc(C23CC4CC(O[N+](=O)[O-])(C2)CC(c2cc([N+](=O)[O-])c(C)c([N+](=O)[O-])c2)(C4)C3)cc1[N+](=O)[O-]. The molecule has 2 unspecified atom stereocenters. The van der Waals surface area contributed by atoms with Gasteiger partial charge in [-0.2, -0.15) is 0 Å². The molecule has 0 aromatic heterocycles. The van der Waals surface area contributed by atoms with Crippen molar-refractivity contribution in [3.05, 3.63) is 97.1 Å². The predicted octanol–water partition coefficient (Wildman–Crippen LogP) is 5.06. The van der Waals surface area contributed by atoms with E-state index in [0.717, 1.165) is 0 Å². The molecule has 2 aromatic carbocycles. The van der Waals surface area contributed by atoms with Crippen LogP contribution in [0.15, 0.2) is 24.3 Å². The minimum atomic E-state index is -1.40. The van der Waals surface area contributed by atoms with E-state index >= 15 is 0 Å². The first-order valence-electron chi connectivity index (χ1n) is 12.3. The van der Waals surface area contributed by atoms with Crippen molar-refractivity contribution in [3.63, 3.8) is 0 Å². The van der Waals surface area contributed by atoms with Crippen LogP contribution in [-0.4, -0.2) is 30.4 Å². The average molecular weight is 557 g/mol. The summed E-state index contributed by atoms with van der Waals surface area (Å²) in [6.07, 6.45) is 1.28. The maximum atomic E-state index is 11.8. The lowest BCUT2D eigenvalue weighted by Gasteiger charge is -2.65. The topological polar surface area (TPSA) is 225 Å². The first kappa shape index (κ1) is 26.8. The second-order valence-corrected chi connectivity index (χ2v) is 11.4. The maximum absolute atomic E-state index is 11.8. The molecule has 210 valence electrons. The second-order valence-electron chi connectivity index (χ2n) is 11.4. The number of hydrogen-bond donors (Lipinski definition) is 0. The lowest BCUT2D eigenvalue weighted by atomic mass is 9.40. The van der Waals surface area contributed by atoms with Gasteiger partial charge in [0, 0.05) is 24.3 Å². The van der Waals surface area contributed by atoms with Crippen molar-refractivity contribution in [2.24, 2.45) is 5.92 Å². The highest BCUT2D eigenvalue weighted by atomic mass is 17.0. The minimum absolute atomic E-state index is 0.0344. The average Bonchev–Trinajstić information content (AvgIpc) is 2.81. The van der Waals surface area contributed by atoms with Crippen LogP contribution in [0.4, 0.5) is 22.7 Å². The van der Waals surface area contributed by atoms with Crippen LogP contribution >= 0.6 is 0 Å². The van der Waals surface area contributed by atoms with Gasteiger partial charge in [0.05, 0.1) is 19.7 Å². The van der Waals surface area contributed by atoms with E-state index in [1.165, 1.54) is 38.1 Å². The molecule has 4 aliphatic rings. The monoisotopic (exact) mass is 557 g/mol. The first-order chi connectivity index (χ1) is 18.6. The van der Waals surface area contributed by atoms with Gasteiger partial charge in [-0.1, -0.05) is 0 Å². The molecule has 0 N–H and O–H groups in total. The molecule has 16 heteroatoms. The molecule has 0 aliphatic heterocycles. The molecule has 16 nitrogen and oxygen atoms in total. The van der Waals surface area contributed by atoms with E-state index in [4.69, 9.17) is 4.84 Å². The Hall–Kier alpha value is -4.76. The number of hydrogen-bond acceptors (Lipinski definition) is 11. The van der Waals surface area contributed by atoms with Crippen molar-refractivity contribution >= 4 is 22.7 Å². The van der Waals surface area contributed by atoms with Gasteiger partial charge < -0.3 is 4.84 Å². The third kappa shape index (κ3) is 3.97. The fraction of sp³-hybridized carbons (Fsp3) is 0.500. The molecule has 2 aromatic rings. The van der Waals surface area contributed by atoms with Crippen LogP contribution in [0.1, 0.15) is 60.8 Å². The molecule has 6 rings (SSSR count). The van der Waals surface area contributed by atoms with Crippen LogP contribution in [0, 0.1) is 70.3 Å². The number of nitrogens with zero attached hydrogens (tertiary/aromatic N) is 5. The van der Waals surface area contributed by atoms with Crippen molar-refractivity contribution in [2.75, 3.05) is 0 Å². The van der Waals surface area contributed by atoms with Crippen LogP contribution in [0.2, 0.25) is 0 Å². The van der Waals surface area contributed by atoms with Crippen molar-refractivity contribution < 1.29 is 29.6 Å². The number of nitro benzene ring substituents is 4. The summed E-state index contributed by atoms with van der Waals surface area (Å²) >= 11 is 0. The van der Waals surface area contributed by atoms with E-state index in [2.05, 4.69) is 0 Å². The minimum Gasteiger partial charge on any atom is -0.307 e. The molecular formula is C24H23N5O11. The zero-order valence-electron chi connectivity index (χ0n) is 21.4. The Balaban J connectivity index is 1.77. The zero-order valence-corrected chi connectivity index (χ0v) is 21.4.